The molecule has 1 aliphatic rings. The van der Waals surface area contributed by atoms with Gasteiger partial charge in [0.25, 0.3) is 0 Å². The molecule has 0 N–H and O–H groups in total. The van der Waals surface area contributed by atoms with E-state index in [4.69, 9.17) is 23.7 Å². The van der Waals surface area contributed by atoms with Gasteiger partial charge in [-0.1, -0.05) is 6.92 Å². The quantitative estimate of drug-likeness (QED) is 0.731. The molecule has 5 heteroatoms. The summed E-state index contributed by atoms with van der Waals surface area (Å²) < 4.78 is 31.0. The molecule has 1 fully saturated rings. The molecule has 0 spiro atoms. The Hall–Kier alpha value is -0.200. The van der Waals surface area contributed by atoms with Gasteiger partial charge in [0.1, 0.15) is 18.3 Å². The van der Waals surface area contributed by atoms with Gasteiger partial charge in [-0.15, -0.1) is 0 Å². The molecule has 1 rings (SSSR count). The lowest BCUT2D eigenvalue weighted by molar-refractivity contribution is -0.343. The zero-order valence-corrected chi connectivity index (χ0v) is 18.1. The molecule has 25 heavy (non-hydrogen) atoms. The van der Waals surface area contributed by atoms with Gasteiger partial charge in [0.2, 0.25) is 0 Å². The van der Waals surface area contributed by atoms with E-state index in [1.807, 2.05) is 41.5 Å². The molecule has 1 heterocycles. The molecule has 150 valence electrons. The lowest BCUT2D eigenvalue weighted by Crippen LogP contribution is -2.64. The summed E-state index contributed by atoms with van der Waals surface area (Å²) in [6.45, 7) is 20.5. The summed E-state index contributed by atoms with van der Waals surface area (Å²) in [5, 5.41) is 0. The first kappa shape index (κ1) is 22.8. The molecule has 5 atom stereocenters. The van der Waals surface area contributed by atoms with E-state index in [0.717, 1.165) is 6.42 Å². The van der Waals surface area contributed by atoms with Crippen molar-refractivity contribution in [3.05, 3.63) is 0 Å². The Kier molecular flexibility index (Phi) is 7.51. The Labute approximate surface area is 154 Å². The average Bonchev–Trinajstić information content (AvgIpc) is 2.38. The van der Waals surface area contributed by atoms with Crippen LogP contribution in [-0.4, -0.2) is 54.6 Å². The van der Waals surface area contributed by atoms with Crippen LogP contribution < -0.4 is 0 Å². The van der Waals surface area contributed by atoms with Crippen LogP contribution in [0.3, 0.4) is 0 Å². The number of rotatable bonds is 5. The highest BCUT2D eigenvalue weighted by atomic mass is 16.7. The van der Waals surface area contributed by atoms with Crippen LogP contribution in [0.2, 0.25) is 0 Å². The number of hydrogen-bond acceptors (Lipinski definition) is 5. The fraction of sp³-hybridized carbons (Fsp3) is 1.00. The second-order valence-corrected chi connectivity index (χ2v) is 9.77. The summed E-state index contributed by atoms with van der Waals surface area (Å²) in [7, 11) is 1.65. The van der Waals surface area contributed by atoms with Crippen LogP contribution in [-0.2, 0) is 23.7 Å². The van der Waals surface area contributed by atoms with Crippen molar-refractivity contribution < 1.29 is 23.7 Å². The van der Waals surface area contributed by atoms with E-state index < -0.39 is 6.29 Å². The second-order valence-electron chi connectivity index (χ2n) is 9.77. The van der Waals surface area contributed by atoms with Crippen LogP contribution in [0.1, 0.15) is 75.7 Å². The van der Waals surface area contributed by atoms with Crippen LogP contribution >= 0.6 is 0 Å². The molecule has 0 bridgehead atoms. The molecule has 1 saturated heterocycles. The predicted octanol–water partition coefficient (Wildman–Crippen LogP) is 4.32. The van der Waals surface area contributed by atoms with Gasteiger partial charge in [-0.2, -0.15) is 0 Å². The van der Waals surface area contributed by atoms with Gasteiger partial charge in [-0.3, -0.25) is 0 Å². The van der Waals surface area contributed by atoms with Gasteiger partial charge in [-0.05, 0) is 68.7 Å². The van der Waals surface area contributed by atoms with Crippen molar-refractivity contribution in [3.8, 4) is 0 Å². The standard InChI is InChI=1S/C20H40O5/c1-12-13-14(23-18(2,3)4)15(24-19(5,6)7)16(17(21-11)22-13)25-20(8,9)10/h13-17H,12H2,1-11H3. The molecular weight excluding hydrogens is 320 g/mol. The molecule has 5 nitrogen and oxygen atoms in total. The highest BCUT2D eigenvalue weighted by molar-refractivity contribution is 4.95. The second kappa shape index (κ2) is 8.22. The normalized spacial score (nSPS) is 32.0. The topological polar surface area (TPSA) is 46.2 Å². The van der Waals surface area contributed by atoms with Crippen molar-refractivity contribution in [1.82, 2.24) is 0 Å². The fourth-order valence-electron chi connectivity index (χ4n) is 3.02. The molecule has 0 aromatic rings. The summed E-state index contributed by atoms with van der Waals surface area (Å²) in [6, 6.07) is 0. The van der Waals surface area contributed by atoms with E-state index >= 15 is 0 Å². The van der Waals surface area contributed by atoms with Gasteiger partial charge in [0, 0.05) is 7.11 Å². The Morgan fingerprint density at radius 3 is 1.44 bits per heavy atom. The highest BCUT2D eigenvalue weighted by Gasteiger charge is 2.51. The molecule has 0 saturated carbocycles. The number of hydrogen-bond donors (Lipinski definition) is 0. The summed E-state index contributed by atoms with van der Waals surface area (Å²) >= 11 is 0. The third kappa shape index (κ3) is 7.51. The van der Waals surface area contributed by atoms with Crippen LogP contribution in [0.5, 0.6) is 0 Å². The summed E-state index contributed by atoms with van der Waals surface area (Å²) in [6.07, 6.45) is -0.690. The highest BCUT2D eigenvalue weighted by Crippen LogP contribution is 2.35. The Morgan fingerprint density at radius 2 is 1.08 bits per heavy atom. The van der Waals surface area contributed by atoms with Crippen molar-refractivity contribution in [2.75, 3.05) is 7.11 Å². The summed E-state index contributed by atoms with van der Waals surface area (Å²) in [4.78, 5) is 0. The smallest absolute Gasteiger partial charge is 0.186 e. The first-order valence-corrected chi connectivity index (χ1v) is 9.38. The Balaban J connectivity index is 3.27. The van der Waals surface area contributed by atoms with Gasteiger partial charge >= 0.3 is 0 Å². The molecule has 5 unspecified atom stereocenters. The summed E-state index contributed by atoms with van der Waals surface area (Å²) in [5.74, 6) is 0. The van der Waals surface area contributed by atoms with Crippen molar-refractivity contribution in [2.45, 2.75) is 123 Å². The third-order valence-electron chi connectivity index (χ3n) is 3.69. The molecule has 0 aromatic heterocycles. The SMILES string of the molecule is CCC1OC(OC)C(OC(C)(C)C)C(OC(C)(C)C)C1OC(C)(C)C. The average molecular weight is 361 g/mol. The maximum atomic E-state index is 6.45. The molecule has 0 aromatic carbocycles. The minimum absolute atomic E-state index is 0.114. The van der Waals surface area contributed by atoms with Crippen molar-refractivity contribution in [3.63, 3.8) is 0 Å². The van der Waals surface area contributed by atoms with Gasteiger partial charge in [0.15, 0.2) is 6.29 Å². The van der Waals surface area contributed by atoms with Crippen LogP contribution in [0.25, 0.3) is 0 Å². The molecule has 0 aliphatic carbocycles. The minimum Gasteiger partial charge on any atom is -0.367 e. The molecular formula is C20H40O5. The van der Waals surface area contributed by atoms with Gasteiger partial charge in [0.05, 0.1) is 22.9 Å². The third-order valence-corrected chi connectivity index (χ3v) is 3.69. The minimum atomic E-state index is -0.489. The van der Waals surface area contributed by atoms with E-state index in [1.165, 1.54) is 0 Å². The largest absolute Gasteiger partial charge is 0.367 e. The molecule has 1 aliphatic heterocycles. The van der Waals surface area contributed by atoms with E-state index in [-0.39, 0.29) is 41.2 Å². The van der Waals surface area contributed by atoms with E-state index in [2.05, 4.69) is 27.7 Å². The zero-order valence-electron chi connectivity index (χ0n) is 18.1. The zero-order chi connectivity index (χ0) is 19.6. The van der Waals surface area contributed by atoms with Gasteiger partial charge in [-0.25, -0.2) is 0 Å². The van der Waals surface area contributed by atoms with E-state index in [1.54, 1.807) is 7.11 Å². The van der Waals surface area contributed by atoms with Crippen LogP contribution in [0.4, 0.5) is 0 Å². The van der Waals surface area contributed by atoms with Crippen molar-refractivity contribution in [2.24, 2.45) is 0 Å². The van der Waals surface area contributed by atoms with Crippen LogP contribution in [0.15, 0.2) is 0 Å². The monoisotopic (exact) mass is 360 g/mol. The molecule has 0 amide bonds. The first-order chi connectivity index (χ1) is 11.2. The Bertz CT molecular complexity index is 372. The predicted molar refractivity (Wildman–Crippen MR) is 99.8 cm³/mol. The maximum absolute atomic E-state index is 6.45. The number of ether oxygens (including phenoxy) is 5. The summed E-state index contributed by atoms with van der Waals surface area (Å²) in [5.41, 5.74) is -1.000. The van der Waals surface area contributed by atoms with Crippen molar-refractivity contribution >= 4 is 0 Å². The van der Waals surface area contributed by atoms with Gasteiger partial charge < -0.3 is 23.7 Å². The maximum Gasteiger partial charge on any atom is 0.186 e. The van der Waals surface area contributed by atoms with E-state index in [9.17, 15) is 0 Å². The first-order valence-electron chi connectivity index (χ1n) is 9.38. The molecule has 0 radical (unpaired) electrons. The number of methoxy groups -OCH3 is 1. The lowest BCUT2D eigenvalue weighted by atomic mass is 9.94. The lowest BCUT2D eigenvalue weighted by Gasteiger charge is -2.50. The Morgan fingerprint density at radius 1 is 0.680 bits per heavy atom. The van der Waals surface area contributed by atoms with Crippen LogP contribution in [0, 0.1) is 0 Å². The fourth-order valence-corrected chi connectivity index (χ4v) is 3.02. The van der Waals surface area contributed by atoms with Crippen molar-refractivity contribution in [1.29, 1.82) is 0 Å². The van der Waals surface area contributed by atoms with E-state index in [0.29, 0.717) is 0 Å².